The van der Waals surface area contributed by atoms with Crippen molar-refractivity contribution in [3.63, 3.8) is 0 Å². The third kappa shape index (κ3) is 4.39. The number of allylic oxidation sites excluding steroid dienone is 1. The molecule has 0 saturated heterocycles. The Morgan fingerprint density at radius 1 is 0.967 bits per heavy atom. The van der Waals surface area contributed by atoms with Gasteiger partial charge in [0.05, 0.1) is 4.92 Å². The van der Waals surface area contributed by atoms with Crippen molar-refractivity contribution in [2.45, 2.75) is 6.54 Å². The summed E-state index contributed by atoms with van der Waals surface area (Å²) in [6.07, 6.45) is 5.80. The van der Waals surface area contributed by atoms with E-state index in [1.165, 1.54) is 17.5 Å². The Labute approximate surface area is 184 Å². The van der Waals surface area contributed by atoms with Crippen LogP contribution in [0, 0.1) is 10.1 Å². The van der Waals surface area contributed by atoms with Crippen LogP contribution in [0.1, 0.15) is 11.5 Å². The van der Waals surface area contributed by atoms with Crippen molar-refractivity contribution < 1.29 is 30.9 Å². The van der Waals surface area contributed by atoms with Gasteiger partial charge in [-0.25, -0.2) is 0 Å². The zero-order valence-corrected chi connectivity index (χ0v) is 17.7. The van der Waals surface area contributed by atoms with Gasteiger partial charge in [0.15, 0.2) is 6.54 Å². The Bertz CT molecular complexity index is 1230. The average molecular weight is 463 g/mol. The van der Waals surface area contributed by atoms with Crippen molar-refractivity contribution in [1.29, 1.82) is 0 Å². The molecule has 2 aromatic carbocycles. The maximum Gasteiger partial charge on any atom is 0.269 e. The average Bonchev–Trinajstić information content (AvgIpc) is 3.22. The zero-order valence-electron chi connectivity index (χ0n) is 16.1. The second-order valence-corrected chi connectivity index (χ2v) is 6.56. The molecule has 0 bridgehead atoms. The molecule has 5 nitrogen and oxygen atoms in total. The molecule has 150 valence electrons. The van der Waals surface area contributed by atoms with Crippen LogP contribution in [-0.4, -0.2) is 4.92 Å². The van der Waals surface area contributed by atoms with Gasteiger partial charge in [-0.15, -0.1) is 0 Å². The number of pyridine rings is 1. The largest absolute Gasteiger partial charge is 1.00 e. The Morgan fingerprint density at radius 3 is 2.47 bits per heavy atom. The molecule has 6 heteroatoms. The molecule has 30 heavy (non-hydrogen) atoms. The topological polar surface area (TPSA) is 60.2 Å². The highest BCUT2D eigenvalue weighted by molar-refractivity contribution is 5.77. The highest BCUT2D eigenvalue weighted by Crippen LogP contribution is 2.25. The fourth-order valence-corrected chi connectivity index (χ4v) is 3.27. The summed E-state index contributed by atoms with van der Waals surface area (Å²) in [5.74, 6) is 1.37. The van der Waals surface area contributed by atoms with Crippen LogP contribution in [0.15, 0.2) is 89.9 Å². The third-order valence-electron chi connectivity index (χ3n) is 4.69. The molecule has 4 rings (SSSR count). The van der Waals surface area contributed by atoms with Gasteiger partial charge in [-0.05, 0) is 48.6 Å². The Hall–Kier alpha value is -3.51. The number of furan rings is 1. The molecule has 2 aromatic heterocycles. The summed E-state index contributed by atoms with van der Waals surface area (Å²) >= 11 is 0. The number of halogens is 1. The molecule has 0 N–H and O–H groups in total. The number of para-hydroxylation sites is 1. The summed E-state index contributed by atoms with van der Waals surface area (Å²) in [5.41, 5.74) is 3.03. The number of nitrogens with zero attached hydrogens (tertiary/aromatic N) is 2. The quantitative estimate of drug-likeness (QED) is 0.191. The highest BCUT2D eigenvalue weighted by Gasteiger charge is 2.12. The maximum atomic E-state index is 10.8. The fourth-order valence-electron chi connectivity index (χ4n) is 3.27. The van der Waals surface area contributed by atoms with Crippen molar-refractivity contribution in [2.24, 2.45) is 0 Å². The first kappa shape index (κ1) is 21.2. The van der Waals surface area contributed by atoms with Gasteiger partial charge in [-0.1, -0.05) is 18.7 Å². The minimum Gasteiger partial charge on any atom is -1.00 e. The Balaban J connectivity index is 0.00000256. The summed E-state index contributed by atoms with van der Waals surface area (Å²) in [5, 5.41) is 12.0. The standard InChI is InChI=1S/C24H19N2O3.BrH/c1-2-17-25-20(10-7-18-5-3-4-6-23(18)25)13-14-22-15-16-24(29-22)19-8-11-21(12-9-19)26(27)28;/h2-16H,1,17H2;1H/q+1;/p-1/b14-13+;. The number of hydrogen-bond acceptors (Lipinski definition) is 3. The number of aromatic nitrogens is 1. The van der Waals surface area contributed by atoms with E-state index in [0.717, 1.165) is 16.8 Å². The molecule has 0 fully saturated rings. The van der Waals surface area contributed by atoms with Crippen molar-refractivity contribution in [1.82, 2.24) is 0 Å². The van der Waals surface area contributed by atoms with Crippen molar-refractivity contribution in [2.75, 3.05) is 0 Å². The van der Waals surface area contributed by atoms with Crippen LogP contribution in [0.3, 0.4) is 0 Å². The van der Waals surface area contributed by atoms with Crippen LogP contribution >= 0.6 is 0 Å². The van der Waals surface area contributed by atoms with E-state index in [1.807, 2.05) is 42.5 Å². The van der Waals surface area contributed by atoms with E-state index >= 15 is 0 Å². The van der Waals surface area contributed by atoms with Gasteiger partial charge < -0.3 is 21.4 Å². The number of benzene rings is 2. The molecular weight excluding hydrogens is 444 g/mol. The minimum atomic E-state index is -0.415. The third-order valence-corrected chi connectivity index (χ3v) is 4.69. The molecule has 0 aliphatic rings. The summed E-state index contributed by atoms with van der Waals surface area (Å²) in [7, 11) is 0. The maximum absolute atomic E-state index is 10.8. The van der Waals surface area contributed by atoms with Gasteiger partial charge >= 0.3 is 0 Å². The number of non-ortho nitro benzene ring substituents is 1. The first-order chi connectivity index (χ1) is 14.2. The summed E-state index contributed by atoms with van der Waals surface area (Å²) in [4.78, 5) is 10.4. The van der Waals surface area contributed by atoms with E-state index in [-0.39, 0.29) is 22.7 Å². The Kier molecular flexibility index (Phi) is 6.59. The van der Waals surface area contributed by atoms with Crippen LogP contribution < -0.4 is 21.5 Å². The monoisotopic (exact) mass is 462 g/mol. The smallest absolute Gasteiger partial charge is 0.269 e. The van der Waals surface area contributed by atoms with E-state index in [9.17, 15) is 10.1 Å². The van der Waals surface area contributed by atoms with Gasteiger partial charge in [0.25, 0.3) is 5.69 Å². The predicted molar refractivity (Wildman–Crippen MR) is 114 cm³/mol. The summed E-state index contributed by atoms with van der Waals surface area (Å²) < 4.78 is 8.09. The molecule has 0 aliphatic carbocycles. The number of nitro benzene ring substituents is 1. The van der Waals surface area contributed by atoms with Crippen molar-refractivity contribution in [3.05, 3.63) is 107 Å². The molecule has 2 heterocycles. The second-order valence-electron chi connectivity index (χ2n) is 6.56. The van der Waals surface area contributed by atoms with Crippen molar-refractivity contribution >= 4 is 28.7 Å². The molecule has 0 amide bonds. The van der Waals surface area contributed by atoms with E-state index < -0.39 is 4.92 Å². The molecule has 4 aromatic rings. The van der Waals surface area contributed by atoms with E-state index in [2.05, 4.69) is 35.4 Å². The lowest BCUT2D eigenvalue weighted by molar-refractivity contribution is -0.662. The van der Waals surface area contributed by atoms with Crippen LogP contribution in [0.4, 0.5) is 5.69 Å². The molecule has 0 atom stereocenters. The van der Waals surface area contributed by atoms with Gasteiger partial charge in [0.2, 0.25) is 11.2 Å². The van der Waals surface area contributed by atoms with Crippen LogP contribution in [0.25, 0.3) is 34.4 Å². The number of nitro groups is 1. The summed E-state index contributed by atoms with van der Waals surface area (Å²) in [6.45, 7) is 4.57. The molecular formula is C24H19BrN2O3. The summed E-state index contributed by atoms with van der Waals surface area (Å²) in [6, 6.07) is 22.5. The number of hydrogen-bond donors (Lipinski definition) is 0. The lowest BCUT2D eigenvalue weighted by Gasteiger charge is -2.02. The second kappa shape index (κ2) is 9.33. The van der Waals surface area contributed by atoms with Gasteiger partial charge in [0, 0.05) is 41.3 Å². The van der Waals surface area contributed by atoms with Gasteiger partial charge in [-0.3, -0.25) is 10.1 Å². The van der Waals surface area contributed by atoms with Gasteiger partial charge in [-0.2, -0.15) is 4.57 Å². The molecule has 0 spiro atoms. The van der Waals surface area contributed by atoms with Crippen LogP contribution in [-0.2, 0) is 6.54 Å². The normalized spacial score (nSPS) is 10.8. The molecule has 0 radical (unpaired) electrons. The molecule has 0 saturated carbocycles. The lowest BCUT2D eigenvalue weighted by atomic mass is 10.1. The highest BCUT2D eigenvalue weighted by atomic mass is 79.9. The van der Waals surface area contributed by atoms with Crippen LogP contribution in [0.2, 0.25) is 0 Å². The minimum absolute atomic E-state index is 0. The predicted octanol–water partition coefficient (Wildman–Crippen LogP) is 2.66. The molecule has 0 unspecified atom stereocenters. The Morgan fingerprint density at radius 2 is 1.73 bits per heavy atom. The zero-order chi connectivity index (χ0) is 20.2. The van der Waals surface area contributed by atoms with Gasteiger partial charge in [0.1, 0.15) is 11.5 Å². The van der Waals surface area contributed by atoms with Crippen LogP contribution in [0.5, 0.6) is 0 Å². The van der Waals surface area contributed by atoms with E-state index in [4.69, 9.17) is 4.42 Å². The first-order valence-corrected chi connectivity index (χ1v) is 9.21. The lowest BCUT2D eigenvalue weighted by Crippen LogP contribution is -3.00. The first-order valence-electron chi connectivity index (χ1n) is 9.21. The molecule has 0 aliphatic heterocycles. The number of fused-ring (bicyclic) bond motifs is 1. The SMILES string of the molecule is C=CC[n+]1c(/C=C/c2ccc(-c3ccc([N+](=O)[O-])cc3)o2)ccc2ccccc21.[Br-]. The van der Waals surface area contributed by atoms with E-state index in [1.54, 1.807) is 12.1 Å². The number of rotatable bonds is 6. The fraction of sp³-hybridized carbons (Fsp3) is 0.0417. The van der Waals surface area contributed by atoms with E-state index in [0.29, 0.717) is 18.1 Å². The van der Waals surface area contributed by atoms with Crippen molar-refractivity contribution in [3.8, 4) is 11.3 Å².